The molecule has 0 saturated heterocycles. The number of hydrogen-bond acceptors (Lipinski definition) is 3. The predicted molar refractivity (Wildman–Crippen MR) is 87.4 cm³/mol. The third kappa shape index (κ3) is 9.72. The molecule has 0 spiro atoms. The topological polar surface area (TPSA) is 58.6 Å². The number of aliphatic hydroxyl groups is 1. The van der Waals surface area contributed by atoms with Crippen molar-refractivity contribution in [3.63, 3.8) is 0 Å². The van der Waals surface area contributed by atoms with Crippen LogP contribution < -0.4 is 5.32 Å². The van der Waals surface area contributed by atoms with E-state index in [1.165, 1.54) is 0 Å². The van der Waals surface area contributed by atoms with Gasteiger partial charge in [0.2, 0.25) is 0 Å². The van der Waals surface area contributed by atoms with Crippen LogP contribution in [0.25, 0.3) is 0 Å². The predicted octanol–water partition coefficient (Wildman–Crippen LogP) is 4.26. The van der Waals surface area contributed by atoms with Gasteiger partial charge in [0.25, 0.3) is 0 Å². The molecular weight excluding hydrogens is 266 g/mol. The molecule has 0 heterocycles. The molecule has 0 saturated carbocycles. The molecule has 0 aromatic carbocycles. The Bertz CT molecular complexity index is 297. The lowest BCUT2D eigenvalue weighted by molar-refractivity contribution is 0.0652. The number of carbonyl (C=O) groups is 1. The highest BCUT2D eigenvalue weighted by Gasteiger charge is 2.31. The lowest BCUT2D eigenvalue weighted by Crippen LogP contribution is -2.53. The number of ether oxygens (including phenoxy) is 1. The van der Waals surface area contributed by atoms with Gasteiger partial charge in [0.1, 0.15) is 0 Å². The average Bonchev–Trinajstić information content (AvgIpc) is 2.34. The first-order valence-corrected chi connectivity index (χ1v) is 8.24. The number of rotatable bonds is 9. The maximum atomic E-state index is 11.8. The van der Waals surface area contributed by atoms with Gasteiger partial charge < -0.3 is 15.2 Å². The first-order chi connectivity index (χ1) is 9.60. The standard InChI is InChI=1S/C17H35NO3/c1-7-8-12-17(6,14(2)19)18-15(20)21-13-10-9-11-16(3,4)5/h14,19H,7-13H2,1-6H3,(H,18,20)/t14?,17-/m1/s1. The van der Waals surface area contributed by atoms with Gasteiger partial charge in [0, 0.05) is 0 Å². The summed E-state index contributed by atoms with van der Waals surface area (Å²) in [7, 11) is 0. The van der Waals surface area contributed by atoms with E-state index in [2.05, 4.69) is 33.0 Å². The van der Waals surface area contributed by atoms with E-state index in [1.807, 2.05) is 6.92 Å². The second kappa shape index (κ2) is 9.29. The summed E-state index contributed by atoms with van der Waals surface area (Å²) in [5.41, 5.74) is -0.286. The first-order valence-electron chi connectivity index (χ1n) is 8.24. The number of alkyl carbamates (subject to hydrolysis) is 1. The number of amides is 1. The van der Waals surface area contributed by atoms with Crippen molar-refractivity contribution in [1.82, 2.24) is 5.32 Å². The van der Waals surface area contributed by atoms with Crippen LogP contribution in [0, 0.1) is 5.41 Å². The minimum atomic E-state index is -0.613. The molecule has 0 aliphatic rings. The Balaban J connectivity index is 4.04. The van der Waals surface area contributed by atoms with E-state index in [0.29, 0.717) is 12.0 Å². The Kier molecular flexibility index (Phi) is 8.95. The number of unbranched alkanes of at least 4 members (excludes halogenated alkanes) is 2. The molecule has 1 amide bonds. The zero-order valence-corrected chi connectivity index (χ0v) is 14.8. The fraction of sp³-hybridized carbons (Fsp3) is 0.941. The molecule has 4 nitrogen and oxygen atoms in total. The van der Waals surface area contributed by atoms with Crippen molar-refractivity contribution < 1.29 is 14.6 Å². The highest BCUT2D eigenvalue weighted by molar-refractivity contribution is 5.68. The fourth-order valence-electron chi connectivity index (χ4n) is 2.11. The summed E-state index contributed by atoms with van der Waals surface area (Å²) < 4.78 is 5.22. The van der Waals surface area contributed by atoms with Crippen molar-refractivity contribution in [2.24, 2.45) is 5.41 Å². The number of nitrogens with one attached hydrogen (secondary N) is 1. The smallest absolute Gasteiger partial charge is 0.407 e. The van der Waals surface area contributed by atoms with Gasteiger partial charge in [0.05, 0.1) is 18.2 Å². The maximum Gasteiger partial charge on any atom is 0.407 e. The first kappa shape index (κ1) is 20.2. The molecule has 0 bridgehead atoms. The van der Waals surface area contributed by atoms with Gasteiger partial charge in [0.15, 0.2) is 0 Å². The van der Waals surface area contributed by atoms with Crippen LogP contribution in [-0.2, 0) is 4.74 Å². The Morgan fingerprint density at radius 1 is 1.14 bits per heavy atom. The summed E-state index contributed by atoms with van der Waals surface area (Å²) in [6.07, 6.45) is 4.78. The van der Waals surface area contributed by atoms with Gasteiger partial charge in [-0.2, -0.15) is 0 Å². The molecule has 0 aliphatic carbocycles. The molecule has 1 unspecified atom stereocenters. The Hall–Kier alpha value is -0.770. The second-order valence-electron chi connectivity index (χ2n) is 7.48. The monoisotopic (exact) mass is 301 g/mol. The van der Waals surface area contributed by atoms with Crippen LogP contribution in [0.15, 0.2) is 0 Å². The van der Waals surface area contributed by atoms with E-state index < -0.39 is 17.7 Å². The van der Waals surface area contributed by atoms with Gasteiger partial charge in [-0.15, -0.1) is 0 Å². The summed E-state index contributed by atoms with van der Waals surface area (Å²) in [6, 6.07) is 0. The van der Waals surface area contributed by atoms with Crippen LogP contribution in [0.4, 0.5) is 4.79 Å². The average molecular weight is 301 g/mol. The quantitative estimate of drug-likeness (QED) is 0.626. The van der Waals surface area contributed by atoms with E-state index in [1.54, 1.807) is 6.92 Å². The van der Waals surface area contributed by atoms with Crippen molar-refractivity contribution in [1.29, 1.82) is 0 Å². The largest absolute Gasteiger partial charge is 0.450 e. The molecular formula is C17H35NO3. The summed E-state index contributed by atoms with van der Waals surface area (Å²) in [6.45, 7) is 12.7. The van der Waals surface area contributed by atoms with Gasteiger partial charge in [-0.3, -0.25) is 0 Å². The lowest BCUT2D eigenvalue weighted by Gasteiger charge is -2.33. The van der Waals surface area contributed by atoms with Crippen LogP contribution in [0.2, 0.25) is 0 Å². The molecule has 21 heavy (non-hydrogen) atoms. The van der Waals surface area contributed by atoms with Crippen LogP contribution in [0.5, 0.6) is 0 Å². The molecule has 2 atom stereocenters. The molecule has 0 aliphatic heterocycles. The van der Waals surface area contributed by atoms with Gasteiger partial charge in [-0.25, -0.2) is 4.79 Å². The van der Waals surface area contributed by atoms with Crippen molar-refractivity contribution in [2.75, 3.05) is 6.61 Å². The van der Waals surface area contributed by atoms with Crippen molar-refractivity contribution in [2.45, 2.75) is 91.7 Å². The number of aliphatic hydroxyl groups excluding tert-OH is 1. The van der Waals surface area contributed by atoms with Gasteiger partial charge >= 0.3 is 6.09 Å². The zero-order valence-electron chi connectivity index (χ0n) is 14.8. The molecule has 0 radical (unpaired) electrons. The van der Waals surface area contributed by atoms with E-state index in [0.717, 1.165) is 38.5 Å². The summed E-state index contributed by atoms with van der Waals surface area (Å²) in [4.78, 5) is 11.8. The second-order valence-corrected chi connectivity index (χ2v) is 7.48. The minimum Gasteiger partial charge on any atom is -0.450 e. The Labute approximate surface area is 130 Å². The normalized spacial score (nSPS) is 16.1. The lowest BCUT2D eigenvalue weighted by atomic mass is 9.90. The molecule has 0 fully saturated rings. The summed E-state index contributed by atoms with van der Waals surface area (Å²) in [5.74, 6) is 0. The van der Waals surface area contributed by atoms with E-state index >= 15 is 0 Å². The van der Waals surface area contributed by atoms with Gasteiger partial charge in [-0.05, 0) is 44.9 Å². The highest BCUT2D eigenvalue weighted by atomic mass is 16.5. The van der Waals surface area contributed by atoms with E-state index in [9.17, 15) is 9.90 Å². The summed E-state index contributed by atoms with van der Waals surface area (Å²) in [5, 5.41) is 12.7. The molecule has 0 aromatic rings. The van der Waals surface area contributed by atoms with Crippen LogP contribution in [0.1, 0.15) is 80.1 Å². The van der Waals surface area contributed by atoms with Crippen LogP contribution in [-0.4, -0.2) is 29.4 Å². The highest BCUT2D eigenvalue weighted by Crippen LogP contribution is 2.21. The number of hydrogen-bond donors (Lipinski definition) is 2. The van der Waals surface area contributed by atoms with E-state index in [-0.39, 0.29) is 0 Å². The third-order valence-electron chi connectivity index (χ3n) is 3.91. The van der Waals surface area contributed by atoms with Crippen molar-refractivity contribution in [3.8, 4) is 0 Å². The molecule has 126 valence electrons. The molecule has 0 rings (SSSR count). The zero-order chi connectivity index (χ0) is 16.5. The van der Waals surface area contributed by atoms with Gasteiger partial charge in [-0.1, -0.05) is 40.5 Å². The third-order valence-corrected chi connectivity index (χ3v) is 3.91. The van der Waals surface area contributed by atoms with Crippen molar-refractivity contribution in [3.05, 3.63) is 0 Å². The number of carbonyl (C=O) groups excluding carboxylic acids is 1. The molecule has 2 N–H and O–H groups in total. The Morgan fingerprint density at radius 3 is 2.24 bits per heavy atom. The van der Waals surface area contributed by atoms with Crippen LogP contribution >= 0.6 is 0 Å². The molecule has 0 aromatic heterocycles. The fourth-order valence-corrected chi connectivity index (χ4v) is 2.11. The van der Waals surface area contributed by atoms with Crippen LogP contribution in [0.3, 0.4) is 0 Å². The maximum absolute atomic E-state index is 11.8. The molecule has 4 heteroatoms. The van der Waals surface area contributed by atoms with E-state index in [4.69, 9.17) is 4.74 Å². The SMILES string of the molecule is CCCC[C@@](C)(NC(=O)OCCCCC(C)(C)C)C(C)O. The summed E-state index contributed by atoms with van der Waals surface area (Å²) >= 11 is 0. The van der Waals surface area contributed by atoms with Crippen molar-refractivity contribution >= 4 is 6.09 Å². The minimum absolute atomic E-state index is 0.327. The Morgan fingerprint density at radius 2 is 1.76 bits per heavy atom.